The van der Waals surface area contributed by atoms with Gasteiger partial charge >= 0.3 is 5.97 Å². The number of aryl methyl sites for hydroxylation is 1. The van der Waals surface area contributed by atoms with E-state index in [0.717, 1.165) is 10.4 Å². The van der Waals surface area contributed by atoms with Crippen LogP contribution in [0.25, 0.3) is 0 Å². The second-order valence-electron chi connectivity index (χ2n) is 5.55. The maximum atomic E-state index is 12.3. The van der Waals surface area contributed by atoms with E-state index < -0.39 is 5.97 Å². The summed E-state index contributed by atoms with van der Waals surface area (Å²) < 4.78 is 5.03. The number of nitrogens with zero attached hydrogens (tertiary/aromatic N) is 2. The Morgan fingerprint density at radius 2 is 1.92 bits per heavy atom. The molecule has 26 heavy (non-hydrogen) atoms. The summed E-state index contributed by atoms with van der Waals surface area (Å²) in [5, 5.41) is 4.86. The molecule has 6 nitrogen and oxygen atoms in total. The molecule has 0 spiro atoms. The summed E-state index contributed by atoms with van der Waals surface area (Å²) in [6.07, 6.45) is 2.80. The molecule has 0 bridgehead atoms. The Balaban J connectivity index is 1.63. The van der Waals surface area contributed by atoms with Gasteiger partial charge in [-0.1, -0.05) is 36.4 Å². The third-order valence-electron chi connectivity index (χ3n) is 3.59. The van der Waals surface area contributed by atoms with Crippen LogP contribution in [0, 0.1) is 6.92 Å². The molecule has 2 aromatic heterocycles. The molecule has 0 unspecified atom stereocenters. The molecule has 0 radical (unpaired) electrons. The van der Waals surface area contributed by atoms with E-state index in [1.807, 2.05) is 47.8 Å². The van der Waals surface area contributed by atoms with Crippen LogP contribution in [-0.4, -0.2) is 28.5 Å². The van der Waals surface area contributed by atoms with Crippen LogP contribution in [0.3, 0.4) is 0 Å². The second-order valence-corrected chi connectivity index (χ2v) is 6.53. The number of hydrogen-bond acceptors (Lipinski definition) is 6. The number of ether oxygens (including phenoxy) is 1. The Bertz CT molecular complexity index is 865. The van der Waals surface area contributed by atoms with Gasteiger partial charge in [0.15, 0.2) is 12.3 Å². The lowest BCUT2D eigenvalue weighted by Crippen LogP contribution is -2.32. The van der Waals surface area contributed by atoms with Crippen molar-refractivity contribution < 1.29 is 14.3 Å². The molecule has 2 heterocycles. The molecular weight excluding hydrogens is 350 g/mol. The van der Waals surface area contributed by atoms with Gasteiger partial charge < -0.3 is 10.1 Å². The van der Waals surface area contributed by atoms with Crippen molar-refractivity contribution in [3.8, 4) is 0 Å². The first-order chi connectivity index (χ1) is 12.6. The number of amides is 1. The van der Waals surface area contributed by atoms with E-state index in [4.69, 9.17) is 4.74 Å². The summed E-state index contributed by atoms with van der Waals surface area (Å²) in [6.45, 7) is 1.38. The van der Waals surface area contributed by atoms with Crippen LogP contribution < -0.4 is 5.32 Å². The molecule has 132 valence electrons. The normalized spacial score (nSPS) is 11.6. The van der Waals surface area contributed by atoms with Crippen LogP contribution in [0.2, 0.25) is 0 Å². The Kier molecular flexibility index (Phi) is 5.70. The Hall–Kier alpha value is -3.06. The standard InChI is InChI=1S/C19H17N3O3S/c1-13-10-21-15(11-20-13)19(24)25-12-17(23)22-18(16-8-5-9-26-16)14-6-3-2-4-7-14/h2-11,18H,12H2,1H3,(H,22,23)/t18-/m0/s1. The van der Waals surface area contributed by atoms with E-state index >= 15 is 0 Å². The average molecular weight is 367 g/mol. The van der Waals surface area contributed by atoms with Crippen molar-refractivity contribution in [3.63, 3.8) is 0 Å². The number of rotatable bonds is 6. The SMILES string of the molecule is Cc1cnc(C(=O)OCC(=O)N[C@@H](c2ccccc2)c2cccs2)cn1. The number of aromatic nitrogens is 2. The molecule has 0 fully saturated rings. The molecule has 1 amide bonds. The zero-order valence-corrected chi connectivity index (χ0v) is 14.9. The smallest absolute Gasteiger partial charge is 0.359 e. The first kappa shape index (κ1) is 17.8. The number of thiophene rings is 1. The molecule has 1 aromatic carbocycles. The lowest BCUT2D eigenvalue weighted by atomic mass is 10.1. The fraction of sp³-hybridized carbons (Fsp3) is 0.158. The molecule has 0 aliphatic carbocycles. The summed E-state index contributed by atoms with van der Waals surface area (Å²) in [7, 11) is 0. The van der Waals surface area contributed by atoms with Crippen molar-refractivity contribution in [3.05, 3.63) is 82.1 Å². The highest BCUT2D eigenvalue weighted by atomic mass is 32.1. The molecule has 0 aliphatic rings. The second kappa shape index (κ2) is 8.35. The summed E-state index contributed by atoms with van der Waals surface area (Å²) in [6, 6.07) is 13.2. The minimum absolute atomic E-state index is 0.0706. The number of nitrogens with one attached hydrogen (secondary N) is 1. The minimum Gasteiger partial charge on any atom is -0.451 e. The van der Waals surface area contributed by atoms with E-state index in [1.54, 1.807) is 18.3 Å². The van der Waals surface area contributed by atoms with Crippen LogP contribution >= 0.6 is 11.3 Å². The molecule has 7 heteroatoms. The number of carbonyl (C=O) groups is 2. The first-order valence-corrected chi connectivity index (χ1v) is 8.85. The van der Waals surface area contributed by atoms with Crippen molar-refractivity contribution in [2.24, 2.45) is 0 Å². The molecule has 0 saturated carbocycles. The van der Waals surface area contributed by atoms with Gasteiger partial charge in [0.25, 0.3) is 5.91 Å². The highest BCUT2D eigenvalue weighted by Gasteiger charge is 2.19. The summed E-state index contributed by atoms with van der Waals surface area (Å²) in [5.74, 6) is -1.07. The topological polar surface area (TPSA) is 81.2 Å². The van der Waals surface area contributed by atoms with Crippen molar-refractivity contribution >= 4 is 23.2 Å². The van der Waals surface area contributed by atoms with E-state index in [0.29, 0.717) is 5.69 Å². The van der Waals surface area contributed by atoms with Crippen LogP contribution in [0.5, 0.6) is 0 Å². The van der Waals surface area contributed by atoms with Crippen LogP contribution in [-0.2, 0) is 9.53 Å². The highest BCUT2D eigenvalue weighted by molar-refractivity contribution is 7.10. The summed E-state index contributed by atoms with van der Waals surface area (Å²) in [5.41, 5.74) is 1.72. The predicted molar refractivity (Wildman–Crippen MR) is 97.8 cm³/mol. The maximum Gasteiger partial charge on any atom is 0.359 e. The molecule has 3 aromatic rings. The molecule has 3 rings (SSSR count). The lowest BCUT2D eigenvalue weighted by molar-refractivity contribution is -0.124. The summed E-state index contributed by atoms with van der Waals surface area (Å²) in [4.78, 5) is 33.2. The van der Waals surface area contributed by atoms with Crippen LogP contribution in [0.4, 0.5) is 0 Å². The van der Waals surface area contributed by atoms with Gasteiger partial charge in [-0.05, 0) is 23.9 Å². The molecular formula is C19H17N3O3S. The van der Waals surface area contributed by atoms with E-state index in [9.17, 15) is 9.59 Å². The van der Waals surface area contributed by atoms with E-state index in [2.05, 4.69) is 15.3 Å². The third-order valence-corrected chi connectivity index (χ3v) is 4.53. The van der Waals surface area contributed by atoms with E-state index in [1.165, 1.54) is 12.4 Å². The molecule has 1 N–H and O–H groups in total. The Morgan fingerprint density at radius 1 is 1.12 bits per heavy atom. The largest absolute Gasteiger partial charge is 0.451 e. The van der Waals surface area contributed by atoms with Gasteiger partial charge in [0.1, 0.15) is 0 Å². The first-order valence-electron chi connectivity index (χ1n) is 7.97. The maximum absolute atomic E-state index is 12.3. The van der Waals surface area contributed by atoms with Gasteiger partial charge in [0.2, 0.25) is 0 Å². The van der Waals surface area contributed by atoms with Crippen molar-refractivity contribution in [2.45, 2.75) is 13.0 Å². The summed E-state index contributed by atoms with van der Waals surface area (Å²) >= 11 is 1.55. The predicted octanol–water partition coefficient (Wildman–Crippen LogP) is 2.91. The van der Waals surface area contributed by atoms with Gasteiger partial charge in [0.05, 0.1) is 17.9 Å². The third kappa shape index (κ3) is 4.52. The average Bonchev–Trinajstić information content (AvgIpc) is 3.20. The number of carbonyl (C=O) groups excluding carboxylic acids is 2. The van der Waals surface area contributed by atoms with Crippen molar-refractivity contribution in [2.75, 3.05) is 6.61 Å². The molecule has 0 aliphatic heterocycles. The molecule has 0 saturated heterocycles. The zero-order valence-electron chi connectivity index (χ0n) is 14.1. The van der Waals surface area contributed by atoms with Gasteiger partial charge in [-0.3, -0.25) is 9.78 Å². The van der Waals surface area contributed by atoms with Gasteiger partial charge in [0, 0.05) is 11.1 Å². The van der Waals surface area contributed by atoms with Crippen molar-refractivity contribution in [1.29, 1.82) is 0 Å². The zero-order chi connectivity index (χ0) is 18.4. The van der Waals surface area contributed by atoms with E-state index in [-0.39, 0.29) is 24.2 Å². The Labute approximate surface area is 154 Å². The lowest BCUT2D eigenvalue weighted by Gasteiger charge is -2.18. The molecule has 1 atom stereocenters. The number of esters is 1. The minimum atomic E-state index is -0.681. The van der Waals surface area contributed by atoms with Crippen molar-refractivity contribution in [1.82, 2.24) is 15.3 Å². The number of benzene rings is 1. The quantitative estimate of drug-likeness (QED) is 0.678. The van der Waals surface area contributed by atoms with Gasteiger partial charge in [-0.25, -0.2) is 9.78 Å². The number of hydrogen-bond donors (Lipinski definition) is 1. The Morgan fingerprint density at radius 3 is 2.58 bits per heavy atom. The monoisotopic (exact) mass is 367 g/mol. The van der Waals surface area contributed by atoms with Crippen LogP contribution in [0.15, 0.2) is 60.2 Å². The fourth-order valence-electron chi connectivity index (χ4n) is 2.33. The fourth-order valence-corrected chi connectivity index (χ4v) is 3.13. The van der Waals surface area contributed by atoms with Gasteiger partial charge in [-0.2, -0.15) is 0 Å². The van der Waals surface area contributed by atoms with Crippen LogP contribution in [0.1, 0.15) is 32.7 Å². The van der Waals surface area contributed by atoms with Gasteiger partial charge in [-0.15, -0.1) is 11.3 Å². The highest BCUT2D eigenvalue weighted by Crippen LogP contribution is 2.25.